The van der Waals surface area contributed by atoms with Crippen molar-refractivity contribution in [3.8, 4) is 11.3 Å². The van der Waals surface area contributed by atoms with Crippen LogP contribution in [0.15, 0.2) is 48.1 Å². The van der Waals surface area contributed by atoms with Crippen molar-refractivity contribution in [1.82, 2.24) is 20.6 Å². The maximum atomic E-state index is 12.3. The van der Waals surface area contributed by atoms with Gasteiger partial charge in [-0.15, -0.1) is 11.3 Å². The third-order valence-corrected chi connectivity index (χ3v) is 5.55. The van der Waals surface area contributed by atoms with E-state index in [9.17, 15) is 9.59 Å². The van der Waals surface area contributed by atoms with Gasteiger partial charge in [0, 0.05) is 23.3 Å². The molecule has 0 aliphatic heterocycles. The number of nitrogens with zero attached hydrogens (tertiary/aromatic N) is 2. The van der Waals surface area contributed by atoms with E-state index < -0.39 is 11.9 Å². The molecule has 0 saturated heterocycles. The van der Waals surface area contributed by atoms with Crippen LogP contribution in [0.3, 0.4) is 0 Å². The Kier molecular flexibility index (Phi) is 6.61. The molecule has 3 rings (SSSR count). The van der Waals surface area contributed by atoms with Gasteiger partial charge >= 0.3 is 0 Å². The summed E-state index contributed by atoms with van der Waals surface area (Å²) in [5, 5.41) is 8.49. The molecule has 28 heavy (non-hydrogen) atoms. The normalized spacial score (nSPS) is 11.7. The monoisotopic (exact) mass is 434 g/mol. The Hall–Kier alpha value is -2.48. The number of thiazole rings is 1. The van der Waals surface area contributed by atoms with E-state index in [2.05, 4.69) is 20.6 Å². The highest BCUT2D eigenvalue weighted by Crippen LogP contribution is 2.25. The van der Waals surface area contributed by atoms with Crippen molar-refractivity contribution in [3.63, 3.8) is 0 Å². The van der Waals surface area contributed by atoms with E-state index in [-0.39, 0.29) is 28.1 Å². The maximum Gasteiger partial charge on any atom is 0.253 e. The molecule has 0 aliphatic carbocycles. The zero-order valence-corrected chi connectivity index (χ0v) is 17.1. The fraction of sp³-hybridized carbons (Fsp3) is 0.158. The van der Waals surface area contributed by atoms with E-state index in [1.807, 2.05) is 17.5 Å². The van der Waals surface area contributed by atoms with Crippen molar-refractivity contribution in [3.05, 3.63) is 68.7 Å². The molecule has 2 heterocycles. The van der Waals surface area contributed by atoms with Crippen LogP contribution < -0.4 is 10.6 Å². The number of rotatable bonds is 6. The lowest BCUT2D eigenvalue weighted by atomic mass is 10.2. The summed E-state index contributed by atoms with van der Waals surface area (Å²) < 4.78 is 0. The minimum Gasteiger partial charge on any atom is -0.348 e. The Labute approximate surface area is 175 Å². The van der Waals surface area contributed by atoms with Gasteiger partial charge in [-0.25, -0.2) is 4.98 Å². The van der Waals surface area contributed by atoms with Gasteiger partial charge in [0.1, 0.15) is 11.0 Å². The first kappa shape index (κ1) is 20.3. The van der Waals surface area contributed by atoms with Gasteiger partial charge in [-0.2, -0.15) is 0 Å². The standard InChI is InChI=1S/C19H16Cl2N4O2S/c1-11(24-19(27)13-3-2-4-14(20)17(13)21)18(26)23-9-16-25-15(10-28-16)12-5-7-22-8-6-12/h2-8,10-11H,9H2,1H3,(H,23,26)(H,24,27). The Balaban J connectivity index is 1.55. The highest BCUT2D eigenvalue weighted by molar-refractivity contribution is 7.09. The number of hydrogen-bond acceptors (Lipinski definition) is 5. The molecule has 2 amide bonds. The number of carbonyl (C=O) groups is 2. The molecule has 3 aromatic rings. The summed E-state index contributed by atoms with van der Waals surface area (Å²) in [6.07, 6.45) is 3.40. The van der Waals surface area contributed by atoms with Gasteiger partial charge in [-0.05, 0) is 31.2 Å². The summed E-state index contributed by atoms with van der Waals surface area (Å²) >= 11 is 13.4. The molecule has 144 valence electrons. The molecule has 1 aromatic carbocycles. The average molecular weight is 435 g/mol. The first-order valence-electron chi connectivity index (χ1n) is 8.33. The zero-order chi connectivity index (χ0) is 20.1. The van der Waals surface area contributed by atoms with Crippen LogP contribution in [0.1, 0.15) is 22.3 Å². The van der Waals surface area contributed by atoms with Crippen LogP contribution in [-0.2, 0) is 11.3 Å². The van der Waals surface area contributed by atoms with Crippen LogP contribution in [0.5, 0.6) is 0 Å². The quantitative estimate of drug-likeness (QED) is 0.614. The third kappa shape index (κ3) is 4.86. The number of aromatic nitrogens is 2. The number of halogens is 2. The molecule has 2 N–H and O–H groups in total. The summed E-state index contributed by atoms with van der Waals surface area (Å²) in [5.41, 5.74) is 2.01. The van der Waals surface area contributed by atoms with Gasteiger partial charge in [0.05, 0.1) is 27.8 Å². The van der Waals surface area contributed by atoms with E-state index in [0.29, 0.717) is 0 Å². The molecule has 6 nitrogen and oxygen atoms in total. The molecule has 9 heteroatoms. The SMILES string of the molecule is CC(NC(=O)c1cccc(Cl)c1Cl)C(=O)NCc1nc(-c2ccncc2)cs1. The van der Waals surface area contributed by atoms with Crippen molar-refractivity contribution >= 4 is 46.4 Å². The zero-order valence-electron chi connectivity index (χ0n) is 14.8. The van der Waals surface area contributed by atoms with Gasteiger partial charge in [-0.1, -0.05) is 29.3 Å². The molecule has 0 aliphatic rings. The third-order valence-electron chi connectivity index (χ3n) is 3.88. The van der Waals surface area contributed by atoms with Gasteiger partial charge < -0.3 is 10.6 Å². The molecule has 0 spiro atoms. The first-order valence-corrected chi connectivity index (χ1v) is 9.96. The van der Waals surface area contributed by atoms with Crippen molar-refractivity contribution < 1.29 is 9.59 Å². The first-order chi connectivity index (χ1) is 13.5. The van der Waals surface area contributed by atoms with Gasteiger partial charge in [0.2, 0.25) is 5.91 Å². The predicted octanol–water partition coefficient (Wildman–Crippen LogP) is 3.95. The number of carbonyl (C=O) groups excluding carboxylic acids is 2. The summed E-state index contributed by atoms with van der Waals surface area (Å²) in [7, 11) is 0. The lowest BCUT2D eigenvalue weighted by Crippen LogP contribution is -2.44. The predicted molar refractivity (Wildman–Crippen MR) is 111 cm³/mol. The molecule has 1 atom stereocenters. The Morgan fingerprint density at radius 1 is 1.18 bits per heavy atom. The Morgan fingerprint density at radius 3 is 2.68 bits per heavy atom. The van der Waals surface area contributed by atoms with Crippen LogP contribution in [0, 0.1) is 0 Å². The number of nitrogens with one attached hydrogen (secondary N) is 2. The summed E-state index contributed by atoms with van der Waals surface area (Å²) in [4.78, 5) is 33.1. The van der Waals surface area contributed by atoms with Crippen LogP contribution in [0.25, 0.3) is 11.3 Å². The summed E-state index contributed by atoms with van der Waals surface area (Å²) in [5.74, 6) is -0.795. The van der Waals surface area contributed by atoms with Crippen LogP contribution in [0.4, 0.5) is 0 Å². The largest absolute Gasteiger partial charge is 0.348 e. The molecular formula is C19H16Cl2N4O2S. The number of hydrogen-bond donors (Lipinski definition) is 2. The van der Waals surface area contributed by atoms with Crippen molar-refractivity contribution in [1.29, 1.82) is 0 Å². The van der Waals surface area contributed by atoms with Crippen LogP contribution >= 0.6 is 34.5 Å². The van der Waals surface area contributed by atoms with Crippen LogP contribution in [-0.4, -0.2) is 27.8 Å². The summed E-state index contributed by atoms with van der Waals surface area (Å²) in [6, 6.07) is 7.75. The van der Waals surface area contributed by atoms with Crippen LogP contribution in [0.2, 0.25) is 10.0 Å². The number of benzene rings is 1. The fourth-order valence-electron chi connectivity index (χ4n) is 2.38. The fourth-order valence-corrected chi connectivity index (χ4v) is 3.51. The van der Waals surface area contributed by atoms with Gasteiger partial charge in [0.15, 0.2) is 0 Å². The molecule has 1 unspecified atom stereocenters. The topological polar surface area (TPSA) is 84.0 Å². The van der Waals surface area contributed by atoms with Crippen molar-refractivity contribution in [2.75, 3.05) is 0 Å². The second-order valence-electron chi connectivity index (χ2n) is 5.88. The van der Waals surface area contributed by atoms with E-state index in [4.69, 9.17) is 23.2 Å². The lowest BCUT2D eigenvalue weighted by Gasteiger charge is -2.14. The minimum absolute atomic E-state index is 0.153. The number of amides is 2. The second kappa shape index (κ2) is 9.14. The Bertz CT molecular complexity index is 995. The van der Waals surface area contributed by atoms with E-state index in [0.717, 1.165) is 16.3 Å². The Morgan fingerprint density at radius 2 is 1.93 bits per heavy atom. The highest BCUT2D eigenvalue weighted by atomic mass is 35.5. The smallest absolute Gasteiger partial charge is 0.253 e. The van der Waals surface area contributed by atoms with Gasteiger partial charge in [0.25, 0.3) is 5.91 Å². The highest BCUT2D eigenvalue weighted by Gasteiger charge is 2.19. The van der Waals surface area contributed by atoms with E-state index >= 15 is 0 Å². The summed E-state index contributed by atoms with van der Waals surface area (Å²) in [6.45, 7) is 1.86. The molecule has 0 fully saturated rings. The molecule has 2 aromatic heterocycles. The molecule has 0 saturated carbocycles. The average Bonchev–Trinajstić information content (AvgIpc) is 3.17. The van der Waals surface area contributed by atoms with Crippen molar-refractivity contribution in [2.45, 2.75) is 19.5 Å². The maximum absolute atomic E-state index is 12.3. The second-order valence-corrected chi connectivity index (χ2v) is 7.60. The number of pyridine rings is 1. The minimum atomic E-state index is -0.748. The molecular weight excluding hydrogens is 419 g/mol. The van der Waals surface area contributed by atoms with Crippen molar-refractivity contribution in [2.24, 2.45) is 0 Å². The van der Waals surface area contributed by atoms with Gasteiger partial charge in [-0.3, -0.25) is 14.6 Å². The molecule has 0 radical (unpaired) electrons. The molecule has 0 bridgehead atoms. The van der Waals surface area contributed by atoms with E-state index in [1.165, 1.54) is 11.3 Å². The lowest BCUT2D eigenvalue weighted by molar-refractivity contribution is -0.122. The van der Waals surface area contributed by atoms with E-state index in [1.54, 1.807) is 37.5 Å².